The number of nitrogens with one attached hydrogen (secondary N) is 1. The van der Waals surface area contributed by atoms with Crippen LogP contribution in [0, 0.1) is 0 Å². The number of likely N-dealkylation sites (tertiary alicyclic amines) is 1. The van der Waals surface area contributed by atoms with Crippen LogP contribution in [0.25, 0.3) is 0 Å². The maximum atomic E-state index is 9.83. The van der Waals surface area contributed by atoms with Crippen LogP contribution in [0.1, 0.15) is 38.2 Å². The van der Waals surface area contributed by atoms with Crippen molar-refractivity contribution in [1.82, 2.24) is 10.2 Å². The monoisotopic (exact) mass is 296 g/mol. The zero-order chi connectivity index (χ0) is 14.4. The SMILES string of the molecule is CCCCN1CCC(NCc2c(O)cccc2Cl)CC1. The fourth-order valence-corrected chi connectivity index (χ4v) is 2.95. The second kappa shape index (κ2) is 7.87. The number of hydrogen-bond acceptors (Lipinski definition) is 3. The van der Waals surface area contributed by atoms with Gasteiger partial charge >= 0.3 is 0 Å². The number of hydrogen-bond donors (Lipinski definition) is 2. The molecule has 0 atom stereocenters. The average molecular weight is 297 g/mol. The fraction of sp³-hybridized carbons (Fsp3) is 0.625. The minimum absolute atomic E-state index is 0.283. The number of unbranched alkanes of at least 4 members (excludes halogenated alkanes) is 1. The normalized spacial score (nSPS) is 17.5. The Morgan fingerprint density at radius 2 is 2.10 bits per heavy atom. The van der Waals surface area contributed by atoms with E-state index < -0.39 is 0 Å². The topological polar surface area (TPSA) is 35.5 Å². The third-order valence-corrected chi connectivity index (χ3v) is 4.43. The first-order valence-corrected chi connectivity index (χ1v) is 8.00. The van der Waals surface area contributed by atoms with E-state index in [9.17, 15) is 5.11 Å². The van der Waals surface area contributed by atoms with Gasteiger partial charge in [0.15, 0.2) is 0 Å². The molecule has 2 N–H and O–H groups in total. The highest BCUT2D eigenvalue weighted by Crippen LogP contribution is 2.25. The molecule has 1 saturated heterocycles. The molecule has 0 bridgehead atoms. The van der Waals surface area contributed by atoms with E-state index in [4.69, 9.17) is 11.6 Å². The summed E-state index contributed by atoms with van der Waals surface area (Å²) >= 11 is 6.12. The molecule has 0 aliphatic carbocycles. The number of aromatic hydroxyl groups is 1. The highest BCUT2D eigenvalue weighted by atomic mass is 35.5. The van der Waals surface area contributed by atoms with Gasteiger partial charge in [0.05, 0.1) is 0 Å². The lowest BCUT2D eigenvalue weighted by Gasteiger charge is -2.32. The van der Waals surface area contributed by atoms with Gasteiger partial charge in [0, 0.05) is 23.2 Å². The molecule has 0 amide bonds. The maximum Gasteiger partial charge on any atom is 0.121 e. The summed E-state index contributed by atoms with van der Waals surface area (Å²) in [5.74, 6) is 0.283. The van der Waals surface area contributed by atoms with Crippen LogP contribution in [0.2, 0.25) is 5.02 Å². The van der Waals surface area contributed by atoms with Crippen molar-refractivity contribution in [2.75, 3.05) is 19.6 Å². The predicted molar refractivity (Wildman–Crippen MR) is 84.3 cm³/mol. The maximum absolute atomic E-state index is 9.83. The Bertz CT molecular complexity index is 397. The number of phenols is 1. The molecule has 0 radical (unpaired) electrons. The smallest absolute Gasteiger partial charge is 0.121 e. The molecule has 4 heteroatoms. The van der Waals surface area contributed by atoms with Crippen LogP contribution >= 0.6 is 11.6 Å². The first-order chi connectivity index (χ1) is 9.70. The molecular weight excluding hydrogens is 272 g/mol. The van der Waals surface area contributed by atoms with Crippen LogP contribution in [0.15, 0.2) is 18.2 Å². The molecule has 3 nitrogen and oxygen atoms in total. The van der Waals surface area contributed by atoms with Crippen LogP contribution < -0.4 is 5.32 Å². The van der Waals surface area contributed by atoms with Crippen LogP contribution in [-0.4, -0.2) is 35.7 Å². The van der Waals surface area contributed by atoms with Crippen molar-refractivity contribution in [3.63, 3.8) is 0 Å². The molecule has 1 aliphatic heterocycles. The van der Waals surface area contributed by atoms with Crippen LogP contribution in [-0.2, 0) is 6.54 Å². The summed E-state index contributed by atoms with van der Waals surface area (Å²) in [4.78, 5) is 2.55. The van der Waals surface area contributed by atoms with Gasteiger partial charge in [-0.25, -0.2) is 0 Å². The summed E-state index contributed by atoms with van der Waals surface area (Å²) in [6.45, 7) is 6.46. The van der Waals surface area contributed by atoms with Crippen molar-refractivity contribution in [1.29, 1.82) is 0 Å². The third-order valence-electron chi connectivity index (χ3n) is 4.08. The summed E-state index contributed by atoms with van der Waals surface area (Å²) in [7, 11) is 0. The number of halogens is 1. The van der Waals surface area contributed by atoms with Crippen molar-refractivity contribution < 1.29 is 5.11 Å². The van der Waals surface area contributed by atoms with Gasteiger partial charge in [-0.15, -0.1) is 0 Å². The zero-order valence-corrected chi connectivity index (χ0v) is 13.0. The highest BCUT2D eigenvalue weighted by Gasteiger charge is 2.18. The predicted octanol–water partition coefficient (Wildman–Crippen LogP) is 3.40. The summed E-state index contributed by atoms with van der Waals surface area (Å²) < 4.78 is 0. The van der Waals surface area contributed by atoms with Gasteiger partial charge in [0.2, 0.25) is 0 Å². The lowest BCUT2D eigenvalue weighted by Crippen LogP contribution is -2.42. The molecule has 0 saturated carbocycles. The number of piperidine rings is 1. The Morgan fingerprint density at radius 1 is 1.35 bits per heavy atom. The average Bonchev–Trinajstić information content (AvgIpc) is 2.46. The molecular formula is C16H25ClN2O. The van der Waals surface area contributed by atoms with Gasteiger partial charge in [0.25, 0.3) is 0 Å². The van der Waals surface area contributed by atoms with Gasteiger partial charge in [-0.3, -0.25) is 0 Å². The second-order valence-electron chi connectivity index (χ2n) is 5.59. The lowest BCUT2D eigenvalue weighted by molar-refractivity contribution is 0.195. The Labute approximate surface area is 126 Å². The van der Waals surface area contributed by atoms with E-state index in [0.29, 0.717) is 17.6 Å². The molecule has 0 unspecified atom stereocenters. The largest absolute Gasteiger partial charge is 0.508 e. The molecule has 1 heterocycles. The van der Waals surface area contributed by atoms with Crippen molar-refractivity contribution in [2.24, 2.45) is 0 Å². The van der Waals surface area contributed by atoms with Gasteiger partial charge < -0.3 is 15.3 Å². The zero-order valence-electron chi connectivity index (χ0n) is 12.2. The van der Waals surface area contributed by atoms with Gasteiger partial charge in [-0.05, 0) is 51.0 Å². The van der Waals surface area contributed by atoms with Crippen LogP contribution in [0.5, 0.6) is 5.75 Å². The Balaban J connectivity index is 1.76. The molecule has 1 aliphatic rings. The molecule has 112 valence electrons. The van der Waals surface area contributed by atoms with Crippen molar-refractivity contribution in [3.05, 3.63) is 28.8 Å². The standard InChI is InChI=1S/C16H25ClN2O/c1-2-3-9-19-10-7-13(8-11-19)18-12-14-15(17)5-4-6-16(14)20/h4-6,13,18,20H,2-3,7-12H2,1H3. The number of nitrogens with zero attached hydrogens (tertiary/aromatic N) is 1. The molecule has 1 aromatic rings. The van der Waals surface area contributed by atoms with Crippen molar-refractivity contribution in [3.8, 4) is 5.75 Å². The number of phenolic OH excluding ortho intramolecular Hbond substituents is 1. The van der Waals surface area contributed by atoms with Crippen molar-refractivity contribution in [2.45, 2.75) is 45.2 Å². The van der Waals surface area contributed by atoms with Crippen LogP contribution in [0.3, 0.4) is 0 Å². The Hall–Kier alpha value is -0.770. The lowest BCUT2D eigenvalue weighted by atomic mass is 10.0. The summed E-state index contributed by atoms with van der Waals surface area (Å²) in [6, 6.07) is 5.82. The first kappa shape index (κ1) is 15.6. The Morgan fingerprint density at radius 3 is 2.75 bits per heavy atom. The molecule has 0 spiro atoms. The Kier molecular flexibility index (Phi) is 6.14. The molecule has 20 heavy (non-hydrogen) atoms. The van der Waals surface area contributed by atoms with E-state index in [1.165, 1.54) is 45.3 Å². The quantitative estimate of drug-likeness (QED) is 0.844. The molecule has 1 fully saturated rings. The number of benzene rings is 1. The third kappa shape index (κ3) is 4.37. The summed E-state index contributed by atoms with van der Waals surface area (Å²) in [5, 5.41) is 14.0. The second-order valence-corrected chi connectivity index (χ2v) is 6.00. The van der Waals surface area contributed by atoms with E-state index in [2.05, 4.69) is 17.1 Å². The fourth-order valence-electron chi connectivity index (χ4n) is 2.71. The van der Waals surface area contributed by atoms with E-state index in [0.717, 1.165) is 5.56 Å². The van der Waals surface area contributed by atoms with E-state index >= 15 is 0 Å². The van der Waals surface area contributed by atoms with Gasteiger partial charge in [0.1, 0.15) is 5.75 Å². The van der Waals surface area contributed by atoms with Crippen molar-refractivity contribution >= 4 is 11.6 Å². The minimum atomic E-state index is 0.283. The summed E-state index contributed by atoms with van der Waals surface area (Å²) in [6.07, 6.45) is 4.92. The summed E-state index contributed by atoms with van der Waals surface area (Å²) in [5.41, 5.74) is 0.808. The van der Waals surface area contributed by atoms with E-state index in [1.807, 2.05) is 6.07 Å². The van der Waals surface area contributed by atoms with E-state index in [1.54, 1.807) is 12.1 Å². The van der Waals surface area contributed by atoms with Gasteiger partial charge in [-0.1, -0.05) is 31.0 Å². The molecule has 1 aromatic carbocycles. The van der Waals surface area contributed by atoms with E-state index in [-0.39, 0.29) is 5.75 Å². The van der Waals surface area contributed by atoms with Gasteiger partial charge in [-0.2, -0.15) is 0 Å². The molecule has 0 aromatic heterocycles. The number of rotatable bonds is 6. The van der Waals surface area contributed by atoms with Crippen LogP contribution in [0.4, 0.5) is 0 Å². The molecule has 2 rings (SSSR count). The first-order valence-electron chi connectivity index (χ1n) is 7.62. The highest BCUT2D eigenvalue weighted by molar-refractivity contribution is 6.31. The minimum Gasteiger partial charge on any atom is -0.508 e.